The summed E-state index contributed by atoms with van der Waals surface area (Å²) in [5.41, 5.74) is 5.99. The lowest BCUT2D eigenvalue weighted by molar-refractivity contribution is -0.275. The van der Waals surface area contributed by atoms with Crippen LogP contribution in [-0.2, 0) is 24.3 Å². The van der Waals surface area contributed by atoms with Crippen LogP contribution in [0.2, 0.25) is 0 Å². The highest BCUT2D eigenvalue weighted by Gasteiger charge is 2.42. The van der Waals surface area contributed by atoms with E-state index in [1.807, 2.05) is 4.90 Å². The van der Waals surface area contributed by atoms with Gasteiger partial charge in [0.1, 0.15) is 24.2 Å². The minimum absolute atomic E-state index is 0.00508. The van der Waals surface area contributed by atoms with Gasteiger partial charge in [-0.2, -0.15) is 4.72 Å². The number of fused-ring (bicyclic) bond motifs is 1. The first-order chi connectivity index (χ1) is 21.3. The molecule has 17 heteroatoms. The molecule has 12 nitrogen and oxygen atoms in total. The molecule has 0 bridgehead atoms. The molecule has 2 aliphatic heterocycles. The molecule has 0 spiro atoms. The minimum atomic E-state index is -5.04. The Morgan fingerprint density at radius 2 is 1.96 bits per heavy atom. The third kappa shape index (κ3) is 7.25. The van der Waals surface area contributed by atoms with E-state index in [2.05, 4.69) is 19.4 Å². The summed E-state index contributed by atoms with van der Waals surface area (Å²) in [4.78, 5) is 37.3. The number of anilines is 2. The fourth-order valence-electron chi connectivity index (χ4n) is 5.62. The van der Waals surface area contributed by atoms with Crippen molar-refractivity contribution in [2.75, 3.05) is 36.9 Å². The average molecular weight is 671 g/mol. The zero-order valence-corrected chi connectivity index (χ0v) is 26.2. The summed E-state index contributed by atoms with van der Waals surface area (Å²) in [6, 6.07) is 2.08. The third-order valence-electron chi connectivity index (χ3n) is 7.97. The molecule has 1 unspecified atom stereocenters. The summed E-state index contributed by atoms with van der Waals surface area (Å²) >= 11 is 1.02. The molecule has 0 saturated carbocycles. The average Bonchev–Trinajstić information content (AvgIpc) is 3.75. The minimum Gasteiger partial charge on any atom is -0.463 e. The van der Waals surface area contributed by atoms with E-state index in [-0.39, 0.29) is 47.0 Å². The number of carbonyl (C=O) groups is 2. The zero-order valence-electron chi connectivity index (χ0n) is 24.5. The molecule has 0 radical (unpaired) electrons. The van der Waals surface area contributed by atoms with E-state index in [9.17, 15) is 31.2 Å². The molecule has 244 valence electrons. The summed E-state index contributed by atoms with van der Waals surface area (Å²) in [7, 11) is -4.11. The summed E-state index contributed by atoms with van der Waals surface area (Å²) in [6.45, 7) is 4.47. The number of nitrogen functional groups attached to an aromatic ring is 1. The maximum absolute atomic E-state index is 13.7. The van der Waals surface area contributed by atoms with E-state index in [4.69, 9.17) is 10.5 Å². The number of likely N-dealkylation sites (tertiary alicyclic amines) is 1. The van der Waals surface area contributed by atoms with Crippen LogP contribution >= 0.6 is 11.3 Å². The van der Waals surface area contributed by atoms with E-state index in [0.717, 1.165) is 43.3 Å². The number of alkyl halides is 3. The number of hydrogen-bond acceptors (Lipinski definition) is 11. The van der Waals surface area contributed by atoms with Crippen molar-refractivity contribution in [3.8, 4) is 5.75 Å². The van der Waals surface area contributed by atoms with Crippen LogP contribution in [0.5, 0.6) is 5.75 Å². The molecular formula is C28H33F3N6O6S2. The molecule has 2 saturated heterocycles. The molecule has 2 aromatic heterocycles. The van der Waals surface area contributed by atoms with Gasteiger partial charge in [0.15, 0.2) is 9.34 Å². The molecule has 3 atom stereocenters. The van der Waals surface area contributed by atoms with Gasteiger partial charge in [-0.3, -0.25) is 9.59 Å². The number of pyridine rings is 1. The summed E-state index contributed by atoms with van der Waals surface area (Å²) in [5.74, 6) is -2.57. The molecular weight excluding hydrogens is 637 g/mol. The fourth-order valence-corrected chi connectivity index (χ4v) is 8.03. The SMILES string of the molecule is CCC(=O)OC[C@@H](C(C)c1cc2ccnc(N)c2cc1OC(F)(F)F)N1CC[C@H](NS(=O)(=O)c2cnc(N3CCCC3)s2)C1=O. The molecule has 2 aliphatic rings. The zero-order chi connectivity index (χ0) is 32.5. The van der Waals surface area contributed by atoms with E-state index < -0.39 is 52.0 Å². The Bertz CT molecular complexity index is 1680. The quantitative estimate of drug-likeness (QED) is 0.288. The van der Waals surface area contributed by atoms with Gasteiger partial charge in [-0.1, -0.05) is 25.2 Å². The van der Waals surface area contributed by atoms with Crippen molar-refractivity contribution in [3.63, 3.8) is 0 Å². The number of ether oxygens (including phenoxy) is 2. The molecule has 4 heterocycles. The first kappa shape index (κ1) is 32.7. The largest absolute Gasteiger partial charge is 0.573 e. The van der Waals surface area contributed by atoms with Crippen molar-refractivity contribution in [2.45, 2.75) is 68.1 Å². The topological polar surface area (TPSA) is 157 Å². The van der Waals surface area contributed by atoms with Gasteiger partial charge in [0, 0.05) is 49.1 Å². The second-order valence-electron chi connectivity index (χ2n) is 10.9. The Labute approximate surface area is 261 Å². The maximum Gasteiger partial charge on any atom is 0.573 e. The number of sulfonamides is 1. The Kier molecular flexibility index (Phi) is 9.41. The van der Waals surface area contributed by atoms with Gasteiger partial charge in [0.05, 0.1) is 12.2 Å². The third-order valence-corrected chi connectivity index (χ3v) is 11.0. The van der Waals surface area contributed by atoms with Crippen molar-refractivity contribution >= 4 is 55.0 Å². The number of carbonyl (C=O) groups excluding carboxylic acids is 2. The highest BCUT2D eigenvalue weighted by molar-refractivity contribution is 7.91. The molecule has 1 amide bonds. The molecule has 0 aliphatic carbocycles. The van der Waals surface area contributed by atoms with Gasteiger partial charge in [-0.15, -0.1) is 13.2 Å². The first-order valence-corrected chi connectivity index (χ1v) is 16.7. The Morgan fingerprint density at radius 3 is 2.64 bits per heavy atom. The number of nitrogens with zero attached hydrogens (tertiary/aromatic N) is 4. The summed E-state index contributed by atoms with van der Waals surface area (Å²) in [6.07, 6.45) is -0.252. The number of nitrogens with one attached hydrogen (secondary N) is 1. The van der Waals surface area contributed by atoms with Crippen LogP contribution in [-0.4, -0.2) is 79.8 Å². The lowest BCUT2D eigenvalue weighted by Crippen LogP contribution is -2.48. The number of thiazole rings is 1. The second-order valence-corrected chi connectivity index (χ2v) is 13.8. The lowest BCUT2D eigenvalue weighted by Gasteiger charge is -2.33. The maximum atomic E-state index is 13.7. The summed E-state index contributed by atoms with van der Waals surface area (Å²) < 4.78 is 79.2. The monoisotopic (exact) mass is 670 g/mol. The van der Waals surface area contributed by atoms with Crippen molar-refractivity contribution in [1.82, 2.24) is 19.6 Å². The van der Waals surface area contributed by atoms with Gasteiger partial charge >= 0.3 is 12.3 Å². The van der Waals surface area contributed by atoms with Crippen LogP contribution < -0.4 is 20.1 Å². The number of halogens is 3. The molecule has 2 fully saturated rings. The van der Waals surface area contributed by atoms with E-state index in [1.165, 1.54) is 23.4 Å². The van der Waals surface area contributed by atoms with Crippen LogP contribution in [0.1, 0.15) is 51.0 Å². The van der Waals surface area contributed by atoms with Crippen LogP contribution in [0.3, 0.4) is 0 Å². The lowest BCUT2D eigenvalue weighted by atomic mass is 9.90. The van der Waals surface area contributed by atoms with Gasteiger partial charge in [-0.05, 0) is 42.8 Å². The van der Waals surface area contributed by atoms with E-state index >= 15 is 0 Å². The number of rotatable bonds is 11. The number of aromatic nitrogens is 2. The number of nitrogens with two attached hydrogens (primary N) is 1. The standard InChI is InChI=1S/C28H33F3N6O6S2/c1-3-23(38)42-15-21(16(2)18-12-17-6-8-33-25(32)19(17)13-22(18)43-28(29,30)31)37-11-7-20(26(37)39)35-45(40,41)24-14-34-27(44-24)36-9-4-5-10-36/h6,8,12-14,16,20-21,35H,3-5,7,9-11,15H2,1-2H3,(H2,32,33)/t16?,20-,21-/m0/s1. The smallest absolute Gasteiger partial charge is 0.463 e. The van der Waals surface area contributed by atoms with Gasteiger partial charge in [-0.25, -0.2) is 18.4 Å². The Morgan fingerprint density at radius 1 is 1.22 bits per heavy atom. The van der Waals surface area contributed by atoms with Crippen molar-refractivity contribution in [1.29, 1.82) is 0 Å². The van der Waals surface area contributed by atoms with Crippen molar-refractivity contribution < 1.29 is 40.7 Å². The summed E-state index contributed by atoms with van der Waals surface area (Å²) in [5, 5.41) is 1.31. The number of esters is 1. The van der Waals surface area contributed by atoms with Gasteiger partial charge in [0.2, 0.25) is 5.91 Å². The Hall–Kier alpha value is -3.70. The van der Waals surface area contributed by atoms with Crippen LogP contribution in [0.25, 0.3) is 10.8 Å². The Balaban J connectivity index is 1.43. The highest BCUT2D eigenvalue weighted by Crippen LogP contribution is 2.39. The number of amides is 1. The molecule has 1 aromatic carbocycles. The van der Waals surface area contributed by atoms with Crippen molar-refractivity contribution in [3.05, 3.63) is 36.2 Å². The predicted octanol–water partition coefficient (Wildman–Crippen LogP) is 3.78. The van der Waals surface area contributed by atoms with E-state index in [1.54, 1.807) is 19.9 Å². The first-order valence-electron chi connectivity index (χ1n) is 14.4. The molecule has 45 heavy (non-hydrogen) atoms. The number of benzene rings is 1. The van der Waals surface area contributed by atoms with Crippen molar-refractivity contribution in [2.24, 2.45) is 0 Å². The van der Waals surface area contributed by atoms with Crippen LogP contribution in [0.15, 0.2) is 34.8 Å². The van der Waals surface area contributed by atoms with Crippen LogP contribution in [0.4, 0.5) is 24.1 Å². The normalized spacial score (nSPS) is 18.9. The molecule has 5 rings (SSSR count). The van der Waals surface area contributed by atoms with Gasteiger partial charge in [0.25, 0.3) is 10.0 Å². The molecule has 3 aromatic rings. The number of hydrogen-bond donors (Lipinski definition) is 2. The van der Waals surface area contributed by atoms with Crippen LogP contribution in [0, 0.1) is 0 Å². The fraction of sp³-hybridized carbons (Fsp3) is 0.500. The van der Waals surface area contributed by atoms with Gasteiger partial charge < -0.3 is 25.0 Å². The predicted molar refractivity (Wildman–Crippen MR) is 160 cm³/mol. The van der Waals surface area contributed by atoms with E-state index in [0.29, 0.717) is 10.5 Å². The second kappa shape index (κ2) is 13.0. The molecule has 3 N–H and O–H groups in total. The highest BCUT2D eigenvalue weighted by atomic mass is 32.2.